The van der Waals surface area contributed by atoms with Crippen LogP contribution in [0.4, 0.5) is 4.39 Å². The molecule has 0 radical (unpaired) electrons. The lowest BCUT2D eigenvalue weighted by atomic mass is 10.1. The van der Waals surface area contributed by atoms with Gasteiger partial charge in [0.25, 0.3) is 5.91 Å². The van der Waals surface area contributed by atoms with Gasteiger partial charge >= 0.3 is 0 Å². The fourth-order valence-electron chi connectivity index (χ4n) is 2.44. The van der Waals surface area contributed by atoms with Crippen molar-refractivity contribution in [3.63, 3.8) is 0 Å². The van der Waals surface area contributed by atoms with E-state index in [1.165, 1.54) is 23.1 Å². The van der Waals surface area contributed by atoms with Gasteiger partial charge in [-0.2, -0.15) is 0 Å². The van der Waals surface area contributed by atoms with Crippen molar-refractivity contribution in [3.8, 4) is 0 Å². The zero-order valence-electron chi connectivity index (χ0n) is 11.1. The number of benzene rings is 1. The molecule has 1 aromatic carbocycles. The Morgan fingerprint density at radius 2 is 2.35 bits per heavy atom. The Bertz CT molecular complexity index is 458. The maximum Gasteiger partial charge on any atom is 0.258 e. The van der Waals surface area contributed by atoms with E-state index >= 15 is 0 Å². The summed E-state index contributed by atoms with van der Waals surface area (Å²) in [5, 5.41) is 12.5. The van der Waals surface area contributed by atoms with Crippen molar-refractivity contribution in [2.45, 2.75) is 18.9 Å². The van der Waals surface area contributed by atoms with Crippen molar-refractivity contribution in [1.82, 2.24) is 10.2 Å². The molecule has 0 aliphatic carbocycles. The summed E-state index contributed by atoms with van der Waals surface area (Å²) in [4.78, 5) is 13.9. The van der Waals surface area contributed by atoms with Gasteiger partial charge in [0.1, 0.15) is 5.82 Å². The molecule has 20 heavy (non-hydrogen) atoms. The van der Waals surface area contributed by atoms with E-state index in [9.17, 15) is 9.18 Å². The number of hydrogen-bond acceptors (Lipinski definition) is 3. The lowest BCUT2D eigenvalue weighted by Gasteiger charge is -2.25. The smallest absolute Gasteiger partial charge is 0.258 e. The summed E-state index contributed by atoms with van der Waals surface area (Å²) in [5.74, 6) is -1.11. The third-order valence-electron chi connectivity index (χ3n) is 3.44. The predicted molar refractivity (Wildman–Crippen MR) is 75.4 cm³/mol. The molecule has 0 saturated carbocycles. The van der Waals surface area contributed by atoms with Crippen molar-refractivity contribution in [2.24, 2.45) is 0 Å². The number of nitrogens with zero attached hydrogens (tertiary/aromatic N) is 1. The van der Waals surface area contributed by atoms with Crippen LogP contribution in [-0.4, -0.2) is 48.2 Å². The van der Waals surface area contributed by atoms with E-state index < -0.39 is 11.7 Å². The van der Waals surface area contributed by atoms with Crippen molar-refractivity contribution in [2.75, 3.05) is 26.2 Å². The molecule has 1 fully saturated rings. The van der Waals surface area contributed by atoms with Gasteiger partial charge in [-0.3, -0.25) is 4.79 Å². The van der Waals surface area contributed by atoms with Crippen LogP contribution in [0.3, 0.4) is 0 Å². The van der Waals surface area contributed by atoms with E-state index in [1.54, 1.807) is 0 Å². The van der Waals surface area contributed by atoms with Gasteiger partial charge in [0, 0.05) is 19.1 Å². The minimum absolute atomic E-state index is 0.0947. The summed E-state index contributed by atoms with van der Waals surface area (Å²) < 4.78 is 13.8. The normalized spacial score (nSPS) is 18.2. The Labute approximate surface area is 122 Å². The molecule has 0 spiro atoms. The van der Waals surface area contributed by atoms with E-state index in [-0.39, 0.29) is 29.8 Å². The summed E-state index contributed by atoms with van der Waals surface area (Å²) in [6.45, 7) is 1.38. The molecule has 2 rings (SSSR count). The molecule has 2 N–H and O–H groups in total. The molecule has 1 aliphatic rings. The van der Waals surface area contributed by atoms with Gasteiger partial charge in [-0.15, -0.1) is 0 Å². The van der Waals surface area contributed by atoms with Crippen molar-refractivity contribution in [1.29, 1.82) is 0 Å². The number of carbonyl (C=O) groups excluding carboxylic acids is 1. The lowest BCUT2D eigenvalue weighted by molar-refractivity contribution is 0.0702. The Balaban J connectivity index is 2.17. The zero-order chi connectivity index (χ0) is 14.5. The molecule has 1 amide bonds. The average molecular weight is 301 g/mol. The van der Waals surface area contributed by atoms with E-state index in [4.69, 9.17) is 16.7 Å². The Morgan fingerprint density at radius 1 is 1.55 bits per heavy atom. The van der Waals surface area contributed by atoms with Gasteiger partial charge < -0.3 is 15.3 Å². The highest BCUT2D eigenvalue weighted by molar-refractivity contribution is 6.33. The first-order valence-corrected chi connectivity index (χ1v) is 7.09. The summed E-state index contributed by atoms with van der Waals surface area (Å²) in [7, 11) is 0. The van der Waals surface area contributed by atoms with Gasteiger partial charge in [-0.1, -0.05) is 17.7 Å². The molecule has 1 unspecified atom stereocenters. The molecule has 1 aliphatic heterocycles. The standard InChI is InChI=1S/C14H18ClFN2O2/c15-11-4-1-5-12(16)13(11)14(20)18(7-8-19)9-10-3-2-6-17-10/h1,4-5,10,17,19H,2-3,6-9H2. The van der Waals surface area contributed by atoms with Gasteiger partial charge in [0.05, 0.1) is 17.2 Å². The van der Waals surface area contributed by atoms with Crippen LogP contribution in [0.5, 0.6) is 0 Å². The molecule has 0 bridgehead atoms. The van der Waals surface area contributed by atoms with Crippen LogP contribution >= 0.6 is 11.6 Å². The molecule has 6 heteroatoms. The van der Waals surface area contributed by atoms with Crippen LogP contribution in [0.2, 0.25) is 5.02 Å². The second-order valence-electron chi connectivity index (χ2n) is 4.86. The molecule has 1 saturated heterocycles. The van der Waals surface area contributed by atoms with Crippen molar-refractivity contribution in [3.05, 3.63) is 34.6 Å². The first-order chi connectivity index (χ1) is 9.63. The van der Waals surface area contributed by atoms with Crippen LogP contribution in [-0.2, 0) is 0 Å². The summed E-state index contributed by atoms with van der Waals surface area (Å²) in [5.41, 5.74) is -0.124. The fraction of sp³-hybridized carbons (Fsp3) is 0.500. The van der Waals surface area contributed by atoms with Crippen LogP contribution in [0, 0.1) is 5.82 Å². The molecule has 1 aromatic rings. The van der Waals surface area contributed by atoms with Crippen LogP contribution in [0.25, 0.3) is 0 Å². The summed E-state index contributed by atoms with van der Waals surface area (Å²) in [6, 6.07) is 4.35. The Hall–Kier alpha value is -1.17. The van der Waals surface area contributed by atoms with Gasteiger partial charge in [0.2, 0.25) is 0 Å². The number of carbonyl (C=O) groups is 1. The molecule has 0 aromatic heterocycles. The highest BCUT2D eigenvalue weighted by Crippen LogP contribution is 2.21. The highest BCUT2D eigenvalue weighted by Gasteiger charge is 2.25. The quantitative estimate of drug-likeness (QED) is 0.870. The number of nitrogens with one attached hydrogen (secondary N) is 1. The molecular formula is C14H18ClFN2O2. The van der Waals surface area contributed by atoms with E-state index in [2.05, 4.69) is 5.32 Å². The number of aliphatic hydroxyl groups is 1. The van der Waals surface area contributed by atoms with Crippen molar-refractivity contribution >= 4 is 17.5 Å². The SMILES string of the molecule is O=C(c1c(F)cccc1Cl)N(CCO)CC1CCCN1. The molecular weight excluding hydrogens is 283 g/mol. The average Bonchev–Trinajstić information content (AvgIpc) is 2.91. The predicted octanol–water partition coefficient (Wildman–Crippen LogP) is 1.67. The first kappa shape index (κ1) is 15.2. The number of halogens is 2. The van der Waals surface area contributed by atoms with E-state index in [0.717, 1.165) is 19.4 Å². The third-order valence-corrected chi connectivity index (χ3v) is 3.75. The zero-order valence-corrected chi connectivity index (χ0v) is 11.9. The summed E-state index contributed by atoms with van der Waals surface area (Å²) >= 11 is 5.92. The number of rotatable bonds is 5. The fourth-order valence-corrected chi connectivity index (χ4v) is 2.68. The maximum atomic E-state index is 13.8. The summed E-state index contributed by atoms with van der Waals surface area (Å²) in [6.07, 6.45) is 2.03. The van der Waals surface area contributed by atoms with E-state index in [1.807, 2.05) is 0 Å². The monoisotopic (exact) mass is 300 g/mol. The molecule has 4 nitrogen and oxygen atoms in total. The second kappa shape index (κ2) is 7.02. The minimum Gasteiger partial charge on any atom is -0.395 e. The number of amides is 1. The number of hydrogen-bond donors (Lipinski definition) is 2. The van der Waals surface area contributed by atoms with Crippen molar-refractivity contribution < 1.29 is 14.3 Å². The maximum absolute atomic E-state index is 13.8. The lowest BCUT2D eigenvalue weighted by Crippen LogP contribution is -2.42. The highest BCUT2D eigenvalue weighted by atomic mass is 35.5. The Kier molecular flexibility index (Phi) is 5.34. The minimum atomic E-state index is -0.634. The van der Waals surface area contributed by atoms with Gasteiger partial charge in [-0.25, -0.2) is 4.39 Å². The molecule has 1 heterocycles. The Morgan fingerprint density at radius 3 is 2.95 bits per heavy atom. The van der Waals surface area contributed by atoms with Crippen LogP contribution in [0.15, 0.2) is 18.2 Å². The third kappa shape index (κ3) is 3.48. The van der Waals surface area contributed by atoms with Gasteiger partial charge in [-0.05, 0) is 31.5 Å². The molecule has 110 valence electrons. The van der Waals surface area contributed by atoms with Crippen LogP contribution < -0.4 is 5.32 Å². The second-order valence-corrected chi connectivity index (χ2v) is 5.27. The largest absolute Gasteiger partial charge is 0.395 e. The van der Waals surface area contributed by atoms with Gasteiger partial charge in [0.15, 0.2) is 0 Å². The molecule has 1 atom stereocenters. The first-order valence-electron chi connectivity index (χ1n) is 6.71. The van der Waals surface area contributed by atoms with Crippen LogP contribution in [0.1, 0.15) is 23.2 Å². The number of aliphatic hydroxyl groups excluding tert-OH is 1. The topological polar surface area (TPSA) is 52.6 Å². The van der Waals surface area contributed by atoms with E-state index in [0.29, 0.717) is 6.54 Å².